The number of hydrogen-bond acceptors (Lipinski definition) is 3. The summed E-state index contributed by atoms with van der Waals surface area (Å²) in [6, 6.07) is 3.15. The number of aliphatic hydroxyl groups excluding tert-OH is 1. The van der Waals surface area contributed by atoms with E-state index in [1.54, 1.807) is 12.1 Å². The predicted molar refractivity (Wildman–Crippen MR) is 55.4 cm³/mol. The van der Waals surface area contributed by atoms with Crippen LogP contribution in [0.4, 0.5) is 4.39 Å². The highest BCUT2D eigenvalue weighted by Crippen LogP contribution is 2.36. The van der Waals surface area contributed by atoms with Crippen molar-refractivity contribution in [3.8, 4) is 11.5 Å². The van der Waals surface area contributed by atoms with Crippen molar-refractivity contribution in [1.82, 2.24) is 0 Å². The number of alkyl halides is 1. The van der Waals surface area contributed by atoms with E-state index >= 15 is 0 Å². The summed E-state index contributed by atoms with van der Waals surface area (Å²) in [4.78, 5) is 0. The van der Waals surface area contributed by atoms with Crippen LogP contribution in [-0.4, -0.2) is 25.5 Å². The second-order valence-corrected chi connectivity index (χ2v) is 3.21. The molecule has 0 unspecified atom stereocenters. The number of benzene rings is 1. The molecule has 0 saturated heterocycles. The summed E-state index contributed by atoms with van der Waals surface area (Å²) in [7, 11) is 1.45. The fraction of sp³-hybridized carbons (Fsp3) is 0.400. The van der Waals surface area contributed by atoms with E-state index in [-0.39, 0.29) is 13.2 Å². The topological polar surface area (TPSA) is 38.7 Å². The van der Waals surface area contributed by atoms with Crippen LogP contribution in [0.3, 0.4) is 0 Å². The highest BCUT2D eigenvalue weighted by molar-refractivity contribution is 6.32. The number of hydrogen-bond donors (Lipinski definition) is 1. The number of aliphatic hydroxyl groups is 1. The zero-order valence-electron chi connectivity index (χ0n) is 8.30. The van der Waals surface area contributed by atoms with Crippen molar-refractivity contribution in [2.45, 2.75) is 6.61 Å². The van der Waals surface area contributed by atoms with E-state index in [9.17, 15) is 4.39 Å². The Labute approximate surface area is 92.4 Å². The summed E-state index contributed by atoms with van der Waals surface area (Å²) in [5, 5.41) is 9.23. The van der Waals surface area contributed by atoms with Gasteiger partial charge in [0, 0.05) is 0 Å². The maximum atomic E-state index is 11.9. The molecule has 0 amide bonds. The molecule has 84 valence electrons. The van der Waals surface area contributed by atoms with Crippen molar-refractivity contribution < 1.29 is 19.0 Å². The second-order valence-electron chi connectivity index (χ2n) is 2.80. The van der Waals surface area contributed by atoms with Crippen LogP contribution >= 0.6 is 11.6 Å². The normalized spacial score (nSPS) is 10.1. The number of methoxy groups -OCH3 is 1. The van der Waals surface area contributed by atoms with Crippen LogP contribution in [-0.2, 0) is 6.61 Å². The van der Waals surface area contributed by atoms with E-state index in [0.717, 1.165) is 0 Å². The van der Waals surface area contributed by atoms with Gasteiger partial charge >= 0.3 is 0 Å². The predicted octanol–water partition coefficient (Wildman–Crippen LogP) is 2.19. The molecular weight excluding hydrogens is 223 g/mol. The van der Waals surface area contributed by atoms with Gasteiger partial charge in [-0.3, -0.25) is 0 Å². The molecule has 15 heavy (non-hydrogen) atoms. The highest BCUT2D eigenvalue weighted by Gasteiger charge is 2.11. The van der Waals surface area contributed by atoms with Crippen LogP contribution in [0, 0.1) is 0 Å². The highest BCUT2D eigenvalue weighted by atomic mass is 35.5. The first-order valence-corrected chi connectivity index (χ1v) is 4.76. The van der Waals surface area contributed by atoms with E-state index in [2.05, 4.69) is 0 Å². The summed E-state index contributed by atoms with van der Waals surface area (Å²) in [5.41, 5.74) is 0.615. The molecule has 0 fully saturated rings. The summed E-state index contributed by atoms with van der Waals surface area (Å²) in [6.07, 6.45) is 0. The molecule has 0 heterocycles. The van der Waals surface area contributed by atoms with Crippen molar-refractivity contribution in [3.05, 3.63) is 22.7 Å². The summed E-state index contributed by atoms with van der Waals surface area (Å²) in [6.45, 7) is -0.810. The number of rotatable bonds is 5. The minimum absolute atomic E-state index is 0.0748. The fourth-order valence-electron chi connectivity index (χ4n) is 1.15. The van der Waals surface area contributed by atoms with Gasteiger partial charge in [-0.1, -0.05) is 11.6 Å². The van der Waals surface area contributed by atoms with Gasteiger partial charge in [-0.15, -0.1) is 0 Å². The van der Waals surface area contributed by atoms with E-state index < -0.39 is 6.67 Å². The summed E-state index contributed by atoms with van der Waals surface area (Å²) in [5.74, 6) is 0.689. The lowest BCUT2D eigenvalue weighted by atomic mass is 10.2. The standard InChI is InChI=1S/C10H12ClFO3/c1-14-9-5-7(6-13)4-8(11)10(9)15-3-2-12/h4-5,13H,2-3,6H2,1H3. The Morgan fingerprint density at radius 1 is 1.47 bits per heavy atom. The fourth-order valence-corrected chi connectivity index (χ4v) is 1.43. The third kappa shape index (κ3) is 2.97. The van der Waals surface area contributed by atoms with E-state index in [0.29, 0.717) is 22.1 Å². The molecule has 0 aromatic heterocycles. The lowest BCUT2D eigenvalue weighted by Crippen LogP contribution is -2.02. The van der Waals surface area contributed by atoms with Gasteiger partial charge < -0.3 is 14.6 Å². The van der Waals surface area contributed by atoms with E-state index in [1.165, 1.54) is 7.11 Å². The maximum Gasteiger partial charge on any atom is 0.179 e. The minimum atomic E-state index is -0.596. The van der Waals surface area contributed by atoms with Crippen molar-refractivity contribution in [1.29, 1.82) is 0 Å². The van der Waals surface area contributed by atoms with Crippen molar-refractivity contribution in [2.75, 3.05) is 20.4 Å². The molecule has 1 N–H and O–H groups in total. The molecule has 0 atom stereocenters. The second kappa shape index (κ2) is 5.78. The molecule has 1 rings (SSSR count). The number of halogens is 2. The Kier molecular flexibility index (Phi) is 4.65. The molecule has 0 aliphatic rings. The van der Waals surface area contributed by atoms with Crippen molar-refractivity contribution in [3.63, 3.8) is 0 Å². The lowest BCUT2D eigenvalue weighted by molar-refractivity contribution is 0.258. The quantitative estimate of drug-likeness (QED) is 0.849. The third-order valence-electron chi connectivity index (χ3n) is 1.80. The summed E-state index contributed by atoms with van der Waals surface area (Å²) < 4.78 is 22.1. The smallest absolute Gasteiger partial charge is 0.179 e. The molecule has 1 aromatic carbocycles. The third-order valence-corrected chi connectivity index (χ3v) is 2.08. The van der Waals surface area contributed by atoms with Crippen LogP contribution < -0.4 is 9.47 Å². The molecular formula is C10H12ClFO3. The molecule has 0 bridgehead atoms. The SMILES string of the molecule is COc1cc(CO)cc(Cl)c1OCCF. The Bertz CT molecular complexity index is 331. The molecule has 0 aliphatic heterocycles. The molecule has 3 nitrogen and oxygen atoms in total. The summed E-state index contributed by atoms with van der Waals surface area (Å²) >= 11 is 5.89. The van der Waals surface area contributed by atoms with Gasteiger partial charge in [0.25, 0.3) is 0 Å². The van der Waals surface area contributed by atoms with Crippen molar-refractivity contribution >= 4 is 11.6 Å². The van der Waals surface area contributed by atoms with Crippen LogP contribution in [0.15, 0.2) is 12.1 Å². The Morgan fingerprint density at radius 2 is 2.20 bits per heavy atom. The Hall–Kier alpha value is -1.00. The van der Waals surface area contributed by atoms with Crippen LogP contribution in [0.5, 0.6) is 11.5 Å². The monoisotopic (exact) mass is 234 g/mol. The van der Waals surface area contributed by atoms with E-state index in [4.69, 9.17) is 26.2 Å². The van der Waals surface area contributed by atoms with Crippen LogP contribution in [0.2, 0.25) is 5.02 Å². The average Bonchev–Trinajstić information content (AvgIpc) is 2.26. The number of ether oxygens (including phenoxy) is 2. The molecule has 1 aromatic rings. The first kappa shape index (κ1) is 12.1. The van der Waals surface area contributed by atoms with Gasteiger partial charge in [0.1, 0.15) is 13.3 Å². The van der Waals surface area contributed by atoms with Gasteiger partial charge in [-0.05, 0) is 17.7 Å². The zero-order chi connectivity index (χ0) is 11.3. The molecule has 0 aliphatic carbocycles. The first-order valence-electron chi connectivity index (χ1n) is 4.39. The first-order chi connectivity index (χ1) is 7.22. The molecule has 5 heteroatoms. The van der Waals surface area contributed by atoms with Gasteiger partial charge in [0.15, 0.2) is 11.5 Å². The van der Waals surface area contributed by atoms with Gasteiger partial charge in [0.05, 0.1) is 18.7 Å². The Balaban J connectivity index is 3.01. The van der Waals surface area contributed by atoms with Crippen molar-refractivity contribution in [2.24, 2.45) is 0 Å². The lowest BCUT2D eigenvalue weighted by Gasteiger charge is -2.12. The molecule has 0 saturated carbocycles. The zero-order valence-corrected chi connectivity index (χ0v) is 9.05. The average molecular weight is 235 g/mol. The van der Waals surface area contributed by atoms with Gasteiger partial charge in [-0.25, -0.2) is 4.39 Å². The molecule has 0 spiro atoms. The van der Waals surface area contributed by atoms with Crippen LogP contribution in [0.25, 0.3) is 0 Å². The van der Waals surface area contributed by atoms with Crippen LogP contribution in [0.1, 0.15) is 5.56 Å². The largest absolute Gasteiger partial charge is 0.493 e. The minimum Gasteiger partial charge on any atom is -0.493 e. The molecule has 0 radical (unpaired) electrons. The maximum absolute atomic E-state index is 11.9. The van der Waals surface area contributed by atoms with Gasteiger partial charge in [0.2, 0.25) is 0 Å². The van der Waals surface area contributed by atoms with E-state index in [1.807, 2.05) is 0 Å². The van der Waals surface area contributed by atoms with Gasteiger partial charge in [-0.2, -0.15) is 0 Å². The Morgan fingerprint density at radius 3 is 2.73 bits per heavy atom.